The van der Waals surface area contributed by atoms with Gasteiger partial charge in [0.15, 0.2) is 6.29 Å². The number of carbonyl (C=O) groups excluding carboxylic acids is 2. The molecule has 0 radical (unpaired) electrons. The van der Waals surface area contributed by atoms with E-state index in [0.29, 0.717) is 12.8 Å². The second kappa shape index (κ2) is 28.3. The zero-order chi connectivity index (χ0) is 58.0. The van der Waals surface area contributed by atoms with Crippen LogP contribution in [-0.4, -0.2) is 165 Å². The normalized spacial score (nSPS) is 36.5. The van der Waals surface area contributed by atoms with Crippen LogP contribution in [0.25, 0.3) is 0 Å². The van der Waals surface area contributed by atoms with E-state index in [-0.39, 0.29) is 56.2 Å². The van der Waals surface area contributed by atoms with E-state index in [0.717, 1.165) is 38.3 Å². The second-order valence-corrected chi connectivity index (χ2v) is 28.4. The summed E-state index contributed by atoms with van der Waals surface area (Å²) < 4.78 is 32.2. The van der Waals surface area contributed by atoms with E-state index in [1.165, 1.54) is 29.9 Å². The minimum atomic E-state index is -1.99. The summed E-state index contributed by atoms with van der Waals surface area (Å²) in [5, 5.41) is 65.1. The Kier molecular flexibility index (Phi) is 23.2. The molecule has 3 aliphatic heterocycles. The number of ether oxygens (including phenoxy) is 5. The standard InChI is InChI=1S/C64H100N2O12P/c1-14-53-64(10,73)57(69)46(6)66(54(67)36-28-17-15-16-18-29-37-79(48-30-22-19-23-31-48,49-32-24-20-25-33-49)50-34-26-21-27-35-50)41-42(2)39-62(8,72)59(78-61-56(68)51(65(11)12)38-43(3)75-61)44(4)55(45(5)60(71)77-53)52-40-63(9,74-13)58(70)47(7)76-52/h19-27,30-35,42-47,51-53,55-59,61,68-70,72-73H,14-18,28-29,36-41H2,1-13H3/q+1/t42-,43-,44+,45-,46-,47+,51+,52?,53-,55+,56-,57-,58+,59-,61+,62-,63-,64-/m1/s1. The summed E-state index contributed by atoms with van der Waals surface area (Å²) in [6, 6.07) is 31.6. The lowest BCUT2D eigenvalue weighted by atomic mass is 9.68. The van der Waals surface area contributed by atoms with Crippen molar-refractivity contribution in [2.24, 2.45) is 23.7 Å². The quantitative estimate of drug-likeness (QED) is 0.0473. The molecule has 0 spiro atoms. The van der Waals surface area contributed by atoms with Crippen LogP contribution >= 0.6 is 7.26 Å². The van der Waals surface area contributed by atoms with Gasteiger partial charge in [0, 0.05) is 38.5 Å². The molecule has 1 amide bonds. The average molecular weight is 1120 g/mol. The van der Waals surface area contributed by atoms with E-state index in [1.54, 1.807) is 39.5 Å². The second-order valence-electron chi connectivity index (χ2n) is 24.8. The molecule has 14 nitrogen and oxygen atoms in total. The van der Waals surface area contributed by atoms with Gasteiger partial charge in [-0.15, -0.1) is 0 Å². The van der Waals surface area contributed by atoms with Crippen LogP contribution in [0.2, 0.25) is 0 Å². The number of esters is 1. The van der Waals surface area contributed by atoms with Gasteiger partial charge >= 0.3 is 5.97 Å². The van der Waals surface area contributed by atoms with Gasteiger partial charge < -0.3 is 59.0 Å². The van der Waals surface area contributed by atoms with Crippen molar-refractivity contribution in [3.8, 4) is 0 Å². The van der Waals surface area contributed by atoms with Crippen molar-refractivity contribution < 1.29 is 58.8 Å². The molecule has 0 bridgehead atoms. The number of aliphatic hydroxyl groups is 5. The number of nitrogens with zero attached hydrogens (tertiary/aromatic N) is 2. The molecule has 442 valence electrons. The van der Waals surface area contributed by atoms with Gasteiger partial charge in [-0.25, -0.2) is 0 Å². The van der Waals surface area contributed by atoms with Gasteiger partial charge in [0.25, 0.3) is 0 Å². The summed E-state index contributed by atoms with van der Waals surface area (Å²) >= 11 is 0. The number of benzene rings is 3. The zero-order valence-corrected chi connectivity index (χ0v) is 50.8. The number of hydrogen-bond donors (Lipinski definition) is 5. The van der Waals surface area contributed by atoms with Gasteiger partial charge in [-0.3, -0.25) is 9.59 Å². The fourth-order valence-electron chi connectivity index (χ4n) is 13.7. The van der Waals surface area contributed by atoms with Crippen molar-refractivity contribution in [1.82, 2.24) is 9.80 Å². The van der Waals surface area contributed by atoms with Crippen LogP contribution in [0.1, 0.15) is 140 Å². The minimum absolute atomic E-state index is 0.0996. The molecule has 3 aromatic carbocycles. The van der Waals surface area contributed by atoms with Crippen molar-refractivity contribution >= 4 is 35.1 Å². The summed E-state index contributed by atoms with van der Waals surface area (Å²) in [5.41, 5.74) is -4.74. The van der Waals surface area contributed by atoms with Crippen LogP contribution in [0, 0.1) is 23.7 Å². The highest BCUT2D eigenvalue weighted by Crippen LogP contribution is 2.56. The number of unbranched alkanes of at least 4 members (excludes halogenated alkanes) is 5. The Balaban J connectivity index is 1.24. The van der Waals surface area contributed by atoms with Crippen molar-refractivity contribution in [3.63, 3.8) is 0 Å². The number of aliphatic hydroxyl groups excluding tert-OH is 3. The average Bonchev–Trinajstić information content (AvgIpc) is 3.49. The van der Waals surface area contributed by atoms with E-state index < -0.39 is 103 Å². The molecule has 3 aliphatic rings. The van der Waals surface area contributed by atoms with Crippen LogP contribution in [-0.2, 0) is 33.3 Å². The molecule has 5 N–H and O–H groups in total. The first kappa shape index (κ1) is 64.8. The van der Waals surface area contributed by atoms with E-state index >= 15 is 0 Å². The smallest absolute Gasteiger partial charge is 0.309 e. The third-order valence-electron chi connectivity index (χ3n) is 18.3. The van der Waals surface area contributed by atoms with Crippen LogP contribution in [0.4, 0.5) is 0 Å². The molecule has 3 heterocycles. The molecule has 18 atom stereocenters. The molecular formula is C64H100N2O12P+. The number of methoxy groups -OCH3 is 1. The van der Waals surface area contributed by atoms with Gasteiger partial charge in [-0.05, 0) is 142 Å². The predicted octanol–water partition coefficient (Wildman–Crippen LogP) is 7.80. The minimum Gasteiger partial charge on any atom is -0.459 e. The number of carbonyl (C=O) groups is 2. The lowest BCUT2D eigenvalue weighted by Crippen LogP contribution is -2.61. The summed E-state index contributed by atoms with van der Waals surface area (Å²) in [6.45, 7) is 17.8. The van der Waals surface area contributed by atoms with E-state index in [2.05, 4.69) is 91.0 Å². The molecular weight excluding hydrogens is 1020 g/mol. The van der Waals surface area contributed by atoms with Crippen LogP contribution < -0.4 is 15.9 Å². The Morgan fingerprint density at radius 1 is 0.759 bits per heavy atom. The fraction of sp³-hybridized carbons (Fsp3) is 0.688. The highest BCUT2D eigenvalue weighted by atomic mass is 31.2. The van der Waals surface area contributed by atoms with Gasteiger partial charge in [-0.1, -0.05) is 102 Å². The molecule has 6 rings (SSSR count). The number of cyclic esters (lactones) is 1. The molecule has 0 saturated carbocycles. The maximum Gasteiger partial charge on any atom is 0.309 e. The Labute approximate surface area is 474 Å². The largest absolute Gasteiger partial charge is 0.459 e. The van der Waals surface area contributed by atoms with E-state index in [1.807, 2.05) is 46.7 Å². The predicted molar refractivity (Wildman–Crippen MR) is 314 cm³/mol. The zero-order valence-electron chi connectivity index (χ0n) is 49.9. The van der Waals surface area contributed by atoms with E-state index in [4.69, 9.17) is 23.7 Å². The van der Waals surface area contributed by atoms with Gasteiger partial charge in [0.1, 0.15) is 53.2 Å². The maximum absolute atomic E-state index is 14.8. The number of hydrogen-bond acceptors (Lipinski definition) is 13. The molecule has 3 fully saturated rings. The van der Waals surface area contributed by atoms with E-state index in [9.17, 15) is 35.1 Å². The lowest BCUT2D eigenvalue weighted by Gasteiger charge is -2.51. The van der Waals surface area contributed by atoms with Crippen molar-refractivity contribution in [2.45, 2.75) is 224 Å². The van der Waals surface area contributed by atoms with Crippen LogP contribution in [0.5, 0.6) is 0 Å². The third-order valence-corrected chi connectivity index (χ3v) is 22.8. The molecule has 3 aromatic rings. The maximum atomic E-state index is 14.8. The first-order valence-corrected chi connectivity index (χ1v) is 31.5. The Hall–Kier alpha value is -3.37. The SMILES string of the molecule is CC[C@H]1OC(=O)[C@H](C)[C@@H](C2C[C@@](C)(OC)[C@@H](O)[C@H](C)O2)[C@H](C)[C@@H](O[C@@H]2O[C@H](C)C[C@H](N(C)C)[C@H]2O)[C@](C)(O)C[C@@H](C)CN(C(=O)CCCCCCCC[P+](c2ccccc2)(c2ccccc2)c2ccccc2)[C@H](C)[C@@H](O)[C@]1(C)O. The highest BCUT2D eigenvalue weighted by molar-refractivity contribution is 7.95. The monoisotopic (exact) mass is 1120 g/mol. The number of likely N-dealkylation sites (N-methyl/N-ethyl adjacent to an activating group) is 1. The van der Waals surface area contributed by atoms with Gasteiger partial charge in [-0.2, -0.15) is 0 Å². The molecule has 79 heavy (non-hydrogen) atoms. The number of rotatable bonds is 18. The summed E-state index contributed by atoms with van der Waals surface area (Å²) in [5.74, 6) is -3.66. The molecule has 15 heteroatoms. The van der Waals surface area contributed by atoms with Crippen molar-refractivity contribution in [3.05, 3.63) is 91.0 Å². The fourth-order valence-corrected chi connectivity index (χ4v) is 18.2. The van der Waals surface area contributed by atoms with Gasteiger partial charge in [0.2, 0.25) is 5.91 Å². The summed E-state index contributed by atoms with van der Waals surface area (Å²) in [6.07, 6.45) is -0.967. The first-order valence-electron chi connectivity index (χ1n) is 29.6. The molecule has 0 aromatic heterocycles. The highest BCUT2D eigenvalue weighted by Gasteiger charge is 2.55. The summed E-state index contributed by atoms with van der Waals surface area (Å²) in [7, 11) is 3.39. The molecule has 1 unspecified atom stereocenters. The van der Waals surface area contributed by atoms with Gasteiger partial charge in [0.05, 0.1) is 53.7 Å². The molecule has 0 aliphatic carbocycles. The Bertz CT molecular complexity index is 2230. The Morgan fingerprint density at radius 2 is 1.29 bits per heavy atom. The van der Waals surface area contributed by atoms with Crippen LogP contribution in [0.3, 0.4) is 0 Å². The van der Waals surface area contributed by atoms with Crippen molar-refractivity contribution in [2.75, 3.05) is 33.9 Å². The summed E-state index contributed by atoms with van der Waals surface area (Å²) in [4.78, 5) is 33.1. The number of amides is 1. The van der Waals surface area contributed by atoms with Crippen molar-refractivity contribution in [1.29, 1.82) is 0 Å². The molecule has 3 saturated heterocycles. The first-order chi connectivity index (χ1) is 37.3. The third kappa shape index (κ3) is 15.1. The lowest BCUT2D eigenvalue weighted by molar-refractivity contribution is -0.302. The topological polar surface area (TPSA) is 188 Å². The van der Waals surface area contributed by atoms with Crippen LogP contribution in [0.15, 0.2) is 91.0 Å². The Morgan fingerprint density at radius 3 is 1.81 bits per heavy atom.